The summed E-state index contributed by atoms with van der Waals surface area (Å²) in [6.45, 7) is 7.37. The van der Waals surface area contributed by atoms with Crippen molar-refractivity contribution in [3.8, 4) is 0 Å². The highest BCUT2D eigenvalue weighted by Crippen LogP contribution is 2.11. The number of aromatic amines is 1. The molecule has 0 aliphatic carbocycles. The second-order valence-corrected chi connectivity index (χ2v) is 4.12. The summed E-state index contributed by atoms with van der Waals surface area (Å²) < 4.78 is 0. The highest BCUT2D eigenvalue weighted by atomic mass is 16.3. The number of nitrogens with one attached hydrogen (secondary N) is 2. The molecule has 0 radical (unpaired) electrons. The second-order valence-electron chi connectivity index (χ2n) is 4.12. The van der Waals surface area contributed by atoms with Gasteiger partial charge in [0.2, 0.25) is 0 Å². The topological polar surface area (TPSA) is 78.0 Å². The largest absolute Gasteiger partial charge is 0.395 e. The van der Waals surface area contributed by atoms with Gasteiger partial charge in [0.1, 0.15) is 5.82 Å². The third-order valence-electron chi connectivity index (χ3n) is 2.51. The molecule has 1 aromatic heterocycles. The number of aliphatic hydroxyl groups excluding tert-OH is 1. The van der Waals surface area contributed by atoms with Crippen molar-refractivity contribution in [3.05, 3.63) is 27.4 Å². The molecule has 5 heteroatoms. The van der Waals surface area contributed by atoms with Gasteiger partial charge in [0, 0.05) is 17.8 Å². The van der Waals surface area contributed by atoms with Crippen molar-refractivity contribution < 1.29 is 5.11 Å². The van der Waals surface area contributed by atoms with Crippen LogP contribution in [0.1, 0.15) is 37.0 Å². The zero-order valence-electron chi connectivity index (χ0n) is 10.2. The van der Waals surface area contributed by atoms with Crippen LogP contribution in [0.3, 0.4) is 0 Å². The lowest BCUT2D eigenvalue weighted by Crippen LogP contribution is -2.35. The average Bonchev–Trinajstić information content (AvgIpc) is 2.15. The molecule has 2 unspecified atom stereocenters. The van der Waals surface area contributed by atoms with Crippen LogP contribution in [0.4, 0.5) is 0 Å². The fraction of sp³-hybridized carbons (Fsp3) is 0.636. The Labute approximate surface area is 94.9 Å². The van der Waals surface area contributed by atoms with Gasteiger partial charge in [-0.2, -0.15) is 0 Å². The molecule has 0 aromatic carbocycles. The third-order valence-corrected chi connectivity index (χ3v) is 2.51. The van der Waals surface area contributed by atoms with Crippen molar-refractivity contribution in [2.75, 3.05) is 6.61 Å². The molecule has 0 amide bonds. The minimum Gasteiger partial charge on any atom is -0.395 e. The minimum atomic E-state index is -0.126. The molecule has 3 N–H and O–H groups in total. The van der Waals surface area contributed by atoms with Gasteiger partial charge in [0.25, 0.3) is 5.56 Å². The van der Waals surface area contributed by atoms with Crippen LogP contribution >= 0.6 is 0 Å². The maximum Gasteiger partial charge on any atom is 0.255 e. The molecule has 0 aliphatic rings. The summed E-state index contributed by atoms with van der Waals surface area (Å²) >= 11 is 0. The van der Waals surface area contributed by atoms with E-state index in [9.17, 15) is 4.79 Å². The quantitative estimate of drug-likeness (QED) is 0.694. The van der Waals surface area contributed by atoms with E-state index in [-0.39, 0.29) is 24.2 Å². The molecule has 0 bridgehead atoms. The van der Waals surface area contributed by atoms with E-state index in [1.807, 2.05) is 20.8 Å². The molecule has 0 aliphatic heterocycles. The van der Waals surface area contributed by atoms with E-state index < -0.39 is 0 Å². The Morgan fingerprint density at radius 1 is 1.44 bits per heavy atom. The first-order valence-corrected chi connectivity index (χ1v) is 5.40. The number of aliphatic hydroxyl groups is 1. The summed E-state index contributed by atoms with van der Waals surface area (Å²) in [6.07, 6.45) is 0. The molecule has 1 aromatic rings. The lowest BCUT2D eigenvalue weighted by atomic mass is 10.1. The molecule has 0 saturated carbocycles. The number of hydrogen-bond acceptors (Lipinski definition) is 4. The summed E-state index contributed by atoms with van der Waals surface area (Å²) in [4.78, 5) is 18.7. The fourth-order valence-corrected chi connectivity index (χ4v) is 1.81. The van der Waals surface area contributed by atoms with Crippen LogP contribution in [-0.2, 0) is 0 Å². The van der Waals surface area contributed by atoms with Crippen LogP contribution in [0.15, 0.2) is 4.79 Å². The number of aromatic nitrogens is 2. The van der Waals surface area contributed by atoms with Gasteiger partial charge in [-0.05, 0) is 27.7 Å². The Bertz CT molecular complexity index is 414. The van der Waals surface area contributed by atoms with Crippen molar-refractivity contribution in [1.82, 2.24) is 15.3 Å². The van der Waals surface area contributed by atoms with Gasteiger partial charge in [-0.3, -0.25) is 4.79 Å². The zero-order valence-corrected chi connectivity index (χ0v) is 10.2. The highest BCUT2D eigenvalue weighted by Gasteiger charge is 2.15. The summed E-state index contributed by atoms with van der Waals surface area (Å²) in [5, 5.41) is 12.1. The molecule has 1 heterocycles. The van der Waals surface area contributed by atoms with Crippen LogP contribution in [0, 0.1) is 13.8 Å². The molecule has 90 valence electrons. The molecule has 1 rings (SSSR count). The highest BCUT2D eigenvalue weighted by molar-refractivity contribution is 5.20. The van der Waals surface area contributed by atoms with Crippen molar-refractivity contribution in [1.29, 1.82) is 0 Å². The Balaban J connectivity index is 3.00. The van der Waals surface area contributed by atoms with Crippen molar-refractivity contribution >= 4 is 0 Å². The summed E-state index contributed by atoms with van der Waals surface area (Å²) in [5.41, 5.74) is 1.24. The van der Waals surface area contributed by atoms with Gasteiger partial charge in [0.15, 0.2) is 0 Å². The van der Waals surface area contributed by atoms with Crippen molar-refractivity contribution in [2.24, 2.45) is 0 Å². The van der Waals surface area contributed by atoms with E-state index in [0.29, 0.717) is 11.4 Å². The standard InChI is InChI=1S/C11H19N3O2/c1-6(5-15)12-7(2)10-8(3)13-9(4)14-11(10)16/h6-7,12,15H,5H2,1-4H3,(H,13,14,16). The van der Waals surface area contributed by atoms with Crippen LogP contribution in [-0.4, -0.2) is 27.7 Å². The molecule has 0 fully saturated rings. The van der Waals surface area contributed by atoms with Crippen molar-refractivity contribution in [3.63, 3.8) is 0 Å². The van der Waals surface area contributed by atoms with Crippen molar-refractivity contribution in [2.45, 2.75) is 39.8 Å². The van der Waals surface area contributed by atoms with E-state index in [2.05, 4.69) is 15.3 Å². The van der Waals surface area contributed by atoms with E-state index in [1.54, 1.807) is 6.92 Å². The Kier molecular flexibility index (Phi) is 4.20. The monoisotopic (exact) mass is 225 g/mol. The lowest BCUT2D eigenvalue weighted by Gasteiger charge is -2.19. The molecule has 0 saturated heterocycles. The van der Waals surface area contributed by atoms with Gasteiger partial charge < -0.3 is 15.4 Å². The lowest BCUT2D eigenvalue weighted by molar-refractivity contribution is 0.243. The number of rotatable bonds is 4. The van der Waals surface area contributed by atoms with Gasteiger partial charge in [-0.15, -0.1) is 0 Å². The minimum absolute atomic E-state index is 0.0422. The first kappa shape index (κ1) is 12.9. The number of nitrogens with zero attached hydrogens (tertiary/aromatic N) is 1. The average molecular weight is 225 g/mol. The van der Waals surface area contributed by atoms with E-state index in [0.717, 1.165) is 5.69 Å². The smallest absolute Gasteiger partial charge is 0.255 e. The van der Waals surface area contributed by atoms with E-state index in [4.69, 9.17) is 5.11 Å². The fourth-order valence-electron chi connectivity index (χ4n) is 1.81. The second kappa shape index (κ2) is 5.23. The molecule has 16 heavy (non-hydrogen) atoms. The number of aryl methyl sites for hydroxylation is 2. The normalized spacial score (nSPS) is 14.8. The molecule has 0 spiro atoms. The Morgan fingerprint density at radius 2 is 2.06 bits per heavy atom. The van der Waals surface area contributed by atoms with Gasteiger partial charge >= 0.3 is 0 Å². The van der Waals surface area contributed by atoms with Crippen LogP contribution in [0.5, 0.6) is 0 Å². The summed E-state index contributed by atoms with van der Waals surface area (Å²) in [7, 11) is 0. The molecular weight excluding hydrogens is 206 g/mol. The molecule has 5 nitrogen and oxygen atoms in total. The summed E-state index contributed by atoms with van der Waals surface area (Å²) in [6, 6.07) is -0.172. The van der Waals surface area contributed by atoms with Gasteiger partial charge in [0.05, 0.1) is 12.2 Å². The maximum atomic E-state index is 11.8. The number of H-pyrrole nitrogens is 1. The first-order valence-electron chi connectivity index (χ1n) is 5.40. The first-order chi connectivity index (χ1) is 7.45. The van der Waals surface area contributed by atoms with E-state index in [1.165, 1.54) is 0 Å². The van der Waals surface area contributed by atoms with Gasteiger partial charge in [-0.1, -0.05) is 0 Å². The number of hydrogen-bond donors (Lipinski definition) is 3. The van der Waals surface area contributed by atoms with Crippen LogP contribution in [0.25, 0.3) is 0 Å². The molecule has 2 atom stereocenters. The zero-order chi connectivity index (χ0) is 12.3. The Hall–Kier alpha value is -1.20. The SMILES string of the molecule is Cc1nc(C)c(C(C)NC(C)CO)c(=O)[nH]1. The van der Waals surface area contributed by atoms with Crippen LogP contribution < -0.4 is 10.9 Å². The van der Waals surface area contributed by atoms with E-state index >= 15 is 0 Å². The maximum absolute atomic E-state index is 11.8. The predicted molar refractivity (Wildman–Crippen MR) is 62.4 cm³/mol. The predicted octanol–water partition coefficient (Wildman–Crippen LogP) is 0.418. The molecular formula is C11H19N3O2. The third kappa shape index (κ3) is 2.90. The van der Waals surface area contributed by atoms with Gasteiger partial charge in [-0.25, -0.2) is 4.98 Å². The Morgan fingerprint density at radius 3 is 2.56 bits per heavy atom. The summed E-state index contributed by atoms with van der Waals surface area (Å²) in [5.74, 6) is 0.619. The van der Waals surface area contributed by atoms with Crippen LogP contribution in [0.2, 0.25) is 0 Å².